The molecule has 0 aliphatic heterocycles. The molecule has 0 aromatic heterocycles. The molecule has 0 bridgehead atoms. The number of carbonyl (C=O) groups is 2. The molecule has 0 atom stereocenters. The molecule has 90 valence electrons. The maximum absolute atomic E-state index is 9.59. The predicted octanol–water partition coefficient (Wildman–Crippen LogP) is 1.37. The maximum Gasteiger partial charge on any atom is 0.217 e. The van der Waals surface area contributed by atoms with Crippen molar-refractivity contribution in [2.45, 2.75) is 27.2 Å². The van der Waals surface area contributed by atoms with E-state index in [1.807, 2.05) is 18.2 Å². The first-order valence-corrected chi connectivity index (χ1v) is 4.96. The van der Waals surface area contributed by atoms with E-state index in [0.29, 0.717) is 6.42 Å². The minimum absolute atomic E-state index is 0.245. The van der Waals surface area contributed by atoms with Crippen LogP contribution in [0.3, 0.4) is 0 Å². The Bertz CT molecular complexity index is 293. The summed E-state index contributed by atoms with van der Waals surface area (Å²) in [4.78, 5) is 18.8. The molecule has 4 nitrogen and oxygen atoms in total. The maximum atomic E-state index is 9.59. The molecular formula is C12H20N2O2. The largest absolute Gasteiger partial charge is 0.370 e. The normalized spacial score (nSPS) is 7.69. The van der Waals surface area contributed by atoms with Crippen molar-refractivity contribution in [3.05, 3.63) is 35.9 Å². The van der Waals surface area contributed by atoms with Gasteiger partial charge in [0.1, 0.15) is 0 Å². The van der Waals surface area contributed by atoms with Gasteiger partial charge in [0, 0.05) is 13.3 Å². The van der Waals surface area contributed by atoms with Gasteiger partial charge >= 0.3 is 0 Å². The van der Waals surface area contributed by atoms with Crippen LogP contribution in [0.1, 0.15) is 25.8 Å². The molecule has 0 saturated carbocycles. The Hall–Kier alpha value is -1.84. The number of rotatable bonds is 1. The summed E-state index contributed by atoms with van der Waals surface area (Å²) < 4.78 is 0. The summed E-state index contributed by atoms with van der Waals surface area (Å²) in [7, 11) is 0. The van der Waals surface area contributed by atoms with Gasteiger partial charge < -0.3 is 11.5 Å². The second-order valence-electron chi connectivity index (χ2n) is 3.09. The fourth-order valence-corrected chi connectivity index (χ4v) is 0.534. The van der Waals surface area contributed by atoms with Gasteiger partial charge in [-0.05, 0) is 6.92 Å². The van der Waals surface area contributed by atoms with Crippen LogP contribution in [0.4, 0.5) is 0 Å². The predicted molar refractivity (Wildman–Crippen MR) is 65.5 cm³/mol. The molecule has 2 amide bonds. The van der Waals surface area contributed by atoms with Gasteiger partial charge in [-0.1, -0.05) is 42.8 Å². The monoisotopic (exact) mass is 224 g/mol. The summed E-state index contributed by atoms with van der Waals surface area (Å²) in [5.41, 5.74) is 10.4. The van der Waals surface area contributed by atoms with Crippen molar-refractivity contribution in [2.75, 3.05) is 0 Å². The number of carbonyl (C=O) groups excluding carboxylic acids is 2. The summed E-state index contributed by atoms with van der Waals surface area (Å²) in [6, 6.07) is 10.3. The highest BCUT2D eigenvalue weighted by molar-refractivity contribution is 5.73. The Morgan fingerprint density at radius 1 is 1.12 bits per heavy atom. The highest BCUT2D eigenvalue weighted by Crippen LogP contribution is 1.92. The number of amides is 2. The molecule has 4 heteroatoms. The van der Waals surface area contributed by atoms with Crippen LogP contribution in [0.25, 0.3) is 0 Å². The Balaban J connectivity index is 0. The summed E-state index contributed by atoms with van der Waals surface area (Å²) in [5.74, 6) is -0.579. The number of hydrogen-bond acceptors (Lipinski definition) is 2. The first kappa shape index (κ1) is 16.6. The van der Waals surface area contributed by atoms with E-state index in [9.17, 15) is 9.59 Å². The third-order valence-corrected chi connectivity index (χ3v) is 1.29. The molecule has 1 aromatic carbocycles. The van der Waals surface area contributed by atoms with Crippen molar-refractivity contribution < 1.29 is 9.59 Å². The van der Waals surface area contributed by atoms with E-state index < -0.39 is 0 Å². The second-order valence-corrected chi connectivity index (χ2v) is 3.09. The van der Waals surface area contributed by atoms with Crippen molar-refractivity contribution in [1.29, 1.82) is 0 Å². The van der Waals surface area contributed by atoms with E-state index in [2.05, 4.69) is 30.5 Å². The van der Waals surface area contributed by atoms with Gasteiger partial charge in [-0.2, -0.15) is 0 Å². The van der Waals surface area contributed by atoms with E-state index in [1.54, 1.807) is 6.92 Å². The molecule has 16 heavy (non-hydrogen) atoms. The zero-order chi connectivity index (χ0) is 13.0. The summed E-state index contributed by atoms with van der Waals surface area (Å²) in [6.07, 6.45) is 0.444. The zero-order valence-electron chi connectivity index (χ0n) is 10.1. The lowest BCUT2D eigenvalue weighted by Crippen LogP contribution is -2.06. The molecule has 0 spiro atoms. The van der Waals surface area contributed by atoms with Crippen LogP contribution >= 0.6 is 0 Å². The number of hydrogen-bond donors (Lipinski definition) is 2. The van der Waals surface area contributed by atoms with Gasteiger partial charge in [-0.3, -0.25) is 9.59 Å². The lowest BCUT2D eigenvalue weighted by molar-refractivity contribution is -0.118. The topological polar surface area (TPSA) is 86.2 Å². The standard InChI is InChI=1S/C7H8.C3H7NO.C2H5NO/c1-7-5-3-2-4-6-7;1-2-3(4)5;1-2(3)4/h2-6H,1H3;2H2,1H3,(H2,4,5);1H3,(H2,3,4). The van der Waals surface area contributed by atoms with Crippen molar-refractivity contribution in [2.24, 2.45) is 11.5 Å². The molecule has 0 saturated heterocycles. The van der Waals surface area contributed by atoms with Crippen LogP contribution in [0.5, 0.6) is 0 Å². The van der Waals surface area contributed by atoms with Gasteiger partial charge in [0.2, 0.25) is 11.8 Å². The smallest absolute Gasteiger partial charge is 0.217 e. The first-order valence-electron chi connectivity index (χ1n) is 4.96. The molecule has 1 aromatic rings. The van der Waals surface area contributed by atoms with Crippen molar-refractivity contribution in [3.8, 4) is 0 Å². The van der Waals surface area contributed by atoms with Crippen LogP contribution in [-0.2, 0) is 9.59 Å². The summed E-state index contributed by atoms with van der Waals surface area (Å²) in [5, 5.41) is 0. The van der Waals surface area contributed by atoms with E-state index in [-0.39, 0.29) is 11.8 Å². The Kier molecular flexibility index (Phi) is 11.6. The van der Waals surface area contributed by atoms with Crippen LogP contribution in [0.2, 0.25) is 0 Å². The van der Waals surface area contributed by atoms with Crippen molar-refractivity contribution in [3.63, 3.8) is 0 Å². The van der Waals surface area contributed by atoms with E-state index in [0.717, 1.165) is 0 Å². The third kappa shape index (κ3) is 22.7. The second kappa shape index (κ2) is 11.2. The van der Waals surface area contributed by atoms with E-state index in [1.165, 1.54) is 12.5 Å². The molecule has 0 unspecified atom stereocenters. The number of nitrogens with two attached hydrogens (primary N) is 2. The lowest BCUT2D eigenvalue weighted by atomic mass is 10.2. The minimum atomic E-state index is -0.333. The molecule has 0 heterocycles. The molecule has 0 aliphatic rings. The summed E-state index contributed by atoms with van der Waals surface area (Å²) in [6.45, 7) is 5.11. The van der Waals surface area contributed by atoms with Gasteiger partial charge in [0.15, 0.2) is 0 Å². The van der Waals surface area contributed by atoms with Crippen LogP contribution in [0.15, 0.2) is 30.3 Å². The Morgan fingerprint density at radius 2 is 1.44 bits per heavy atom. The number of aryl methyl sites for hydroxylation is 1. The van der Waals surface area contributed by atoms with Gasteiger partial charge in [0.05, 0.1) is 0 Å². The zero-order valence-corrected chi connectivity index (χ0v) is 10.1. The molecular weight excluding hydrogens is 204 g/mol. The molecule has 0 fully saturated rings. The summed E-state index contributed by atoms with van der Waals surface area (Å²) >= 11 is 0. The van der Waals surface area contributed by atoms with Gasteiger partial charge in [-0.25, -0.2) is 0 Å². The first-order chi connectivity index (χ1) is 7.40. The molecule has 1 rings (SSSR count). The lowest BCUT2D eigenvalue weighted by Gasteiger charge is -1.82. The molecule has 0 radical (unpaired) electrons. The average Bonchev–Trinajstić information content (AvgIpc) is 2.19. The molecule has 0 aliphatic carbocycles. The number of primary amides is 2. The fraction of sp³-hybridized carbons (Fsp3) is 0.333. The van der Waals surface area contributed by atoms with Crippen LogP contribution < -0.4 is 11.5 Å². The van der Waals surface area contributed by atoms with E-state index in [4.69, 9.17) is 0 Å². The Morgan fingerprint density at radius 3 is 1.56 bits per heavy atom. The average molecular weight is 224 g/mol. The van der Waals surface area contributed by atoms with Crippen LogP contribution in [0, 0.1) is 6.92 Å². The quantitative estimate of drug-likeness (QED) is 0.754. The van der Waals surface area contributed by atoms with E-state index >= 15 is 0 Å². The number of benzene rings is 1. The van der Waals surface area contributed by atoms with Crippen LogP contribution in [-0.4, -0.2) is 11.8 Å². The highest BCUT2D eigenvalue weighted by Gasteiger charge is 1.77. The highest BCUT2D eigenvalue weighted by atomic mass is 16.1. The fourth-order valence-electron chi connectivity index (χ4n) is 0.534. The third-order valence-electron chi connectivity index (χ3n) is 1.29. The van der Waals surface area contributed by atoms with Crippen molar-refractivity contribution >= 4 is 11.8 Å². The minimum Gasteiger partial charge on any atom is -0.370 e. The van der Waals surface area contributed by atoms with Gasteiger partial charge in [-0.15, -0.1) is 0 Å². The SMILES string of the molecule is CC(N)=O.CCC(N)=O.Cc1ccccc1. The Labute approximate surface area is 96.6 Å². The van der Waals surface area contributed by atoms with Crippen molar-refractivity contribution in [1.82, 2.24) is 0 Å². The molecule has 4 N–H and O–H groups in total. The van der Waals surface area contributed by atoms with Gasteiger partial charge in [0.25, 0.3) is 0 Å².